The van der Waals surface area contributed by atoms with E-state index in [-0.39, 0.29) is 37.5 Å². The van der Waals surface area contributed by atoms with Gasteiger partial charge in [0.05, 0.1) is 0 Å². The summed E-state index contributed by atoms with van der Waals surface area (Å²) in [6, 6.07) is 6.22. The van der Waals surface area contributed by atoms with Gasteiger partial charge in [0.1, 0.15) is 12.6 Å². The minimum atomic E-state index is -1.47. The standard InChI is InChI=1S/C20H27N3O9S/c24-16(25)10-9-14(17(26)27)22-19(33)23(31)15(18(28)29)8-4-5-11-21-20(30)32-12-13-6-2-1-3-7-13/h1-3,6-7,14-15,31H,4-5,8-12H2,(H,21,30)(H,22,33)(H,24,25)(H,26,27)(H,28,29). The van der Waals surface area contributed by atoms with Gasteiger partial charge in [-0.3, -0.25) is 10.0 Å². The van der Waals surface area contributed by atoms with Crippen LogP contribution in [-0.2, 0) is 25.7 Å². The van der Waals surface area contributed by atoms with Gasteiger partial charge in [-0.25, -0.2) is 19.4 Å². The molecule has 0 saturated heterocycles. The number of aliphatic carboxylic acids is 3. The smallest absolute Gasteiger partial charge is 0.407 e. The Balaban J connectivity index is 2.41. The molecule has 1 aromatic carbocycles. The number of hydroxylamine groups is 2. The largest absolute Gasteiger partial charge is 0.481 e. The highest BCUT2D eigenvalue weighted by Crippen LogP contribution is 2.09. The zero-order valence-electron chi connectivity index (χ0n) is 17.7. The molecule has 2 atom stereocenters. The minimum Gasteiger partial charge on any atom is -0.481 e. The lowest BCUT2D eigenvalue weighted by Crippen LogP contribution is -2.52. The van der Waals surface area contributed by atoms with Crippen LogP contribution in [0.4, 0.5) is 4.79 Å². The van der Waals surface area contributed by atoms with Gasteiger partial charge in [0.15, 0.2) is 11.2 Å². The second-order valence-electron chi connectivity index (χ2n) is 6.96. The number of amides is 1. The predicted octanol–water partition coefficient (Wildman–Crippen LogP) is 1.42. The molecule has 1 rings (SSSR count). The third-order valence-corrected chi connectivity index (χ3v) is 4.72. The van der Waals surface area contributed by atoms with Gasteiger partial charge < -0.3 is 30.7 Å². The first kappa shape index (κ1) is 27.6. The Morgan fingerprint density at radius 2 is 1.67 bits per heavy atom. The van der Waals surface area contributed by atoms with Gasteiger partial charge in [-0.15, -0.1) is 0 Å². The molecule has 0 heterocycles. The Morgan fingerprint density at radius 3 is 2.24 bits per heavy atom. The summed E-state index contributed by atoms with van der Waals surface area (Å²) < 4.78 is 5.05. The van der Waals surface area contributed by atoms with Crippen LogP contribution in [0.25, 0.3) is 0 Å². The molecule has 12 nitrogen and oxygen atoms in total. The minimum absolute atomic E-state index is 0.0543. The van der Waals surface area contributed by atoms with Crippen LogP contribution in [-0.4, -0.2) is 73.3 Å². The molecule has 13 heteroatoms. The number of nitrogens with zero attached hydrogens (tertiary/aromatic N) is 1. The van der Waals surface area contributed by atoms with Gasteiger partial charge in [-0.05, 0) is 43.5 Å². The zero-order chi connectivity index (χ0) is 24.8. The SMILES string of the molecule is O=C(O)CCC(NC(=S)N(O)C(CCCCNC(=O)OCc1ccccc1)C(=O)O)C(=O)O. The summed E-state index contributed by atoms with van der Waals surface area (Å²) in [5.74, 6) is -4.01. The van der Waals surface area contributed by atoms with Crippen molar-refractivity contribution in [1.29, 1.82) is 0 Å². The number of carboxylic acids is 3. The van der Waals surface area contributed by atoms with Gasteiger partial charge in [-0.2, -0.15) is 0 Å². The monoisotopic (exact) mass is 485 g/mol. The molecule has 0 radical (unpaired) electrons. The zero-order valence-corrected chi connectivity index (χ0v) is 18.5. The van der Waals surface area contributed by atoms with Crippen molar-refractivity contribution in [2.75, 3.05) is 6.54 Å². The van der Waals surface area contributed by atoms with Crippen LogP contribution in [0.3, 0.4) is 0 Å². The highest BCUT2D eigenvalue weighted by molar-refractivity contribution is 7.80. The molecular weight excluding hydrogens is 458 g/mol. The van der Waals surface area contributed by atoms with E-state index in [1.54, 1.807) is 0 Å². The summed E-state index contributed by atoms with van der Waals surface area (Å²) in [5.41, 5.74) is 0.831. The van der Waals surface area contributed by atoms with Gasteiger partial charge in [-0.1, -0.05) is 30.3 Å². The van der Waals surface area contributed by atoms with E-state index in [4.69, 9.17) is 27.2 Å². The van der Waals surface area contributed by atoms with E-state index in [1.165, 1.54) is 0 Å². The molecule has 0 saturated carbocycles. The number of hydrogen-bond acceptors (Lipinski definition) is 7. The molecule has 1 aromatic rings. The summed E-state index contributed by atoms with van der Waals surface area (Å²) in [5, 5.41) is 41.8. The van der Waals surface area contributed by atoms with Crippen LogP contribution in [0.2, 0.25) is 0 Å². The molecule has 0 fully saturated rings. The Bertz CT molecular complexity index is 822. The van der Waals surface area contributed by atoms with Crippen molar-refractivity contribution in [2.24, 2.45) is 0 Å². The first-order valence-electron chi connectivity index (χ1n) is 10.0. The summed E-state index contributed by atoms with van der Waals surface area (Å²) in [7, 11) is 0. The van der Waals surface area contributed by atoms with Crippen LogP contribution >= 0.6 is 12.2 Å². The lowest BCUT2D eigenvalue weighted by molar-refractivity contribution is -0.154. The maximum atomic E-state index is 11.7. The van der Waals surface area contributed by atoms with E-state index in [2.05, 4.69) is 10.6 Å². The lowest BCUT2D eigenvalue weighted by Gasteiger charge is -2.27. The van der Waals surface area contributed by atoms with Crippen molar-refractivity contribution in [3.8, 4) is 0 Å². The molecular formula is C20H27N3O9S. The van der Waals surface area contributed by atoms with E-state index >= 15 is 0 Å². The average molecular weight is 486 g/mol. The van der Waals surface area contributed by atoms with Crippen molar-refractivity contribution < 1.29 is 44.4 Å². The van der Waals surface area contributed by atoms with Crippen molar-refractivity contribution >= 4 is 41.3 Å². The lowest BCUT2D eigenvalue weighted by atomic mass is 10.1. The molecule has 0 aliphatic carbocycles. The summed E-state index contributed by atoms with van der Waals surface area (Å²) in [4.78, 5) is 45.0. The Labute approximate surface area is 195 Å². The quantitative estimate of drug-likeness (QED) is 0.127. The fourth-order valence-corrected chi connectivity index (χ4v) is 2.93. The number of thiocarbonyl (C=S) groups is 1. The average Bonchev–Trinajstić information content (AvgIpc) is 2.77. The molecule has 0 aromatic heterocycles. The second-order valence-corrected chi connectivity index (χ2v) is 7.34. The summed E-state index contributed by atoms with van der Waals surface area (Å²) in [6.07, 6.45) is -0.778. The fourth-order valence-electron chi connectivity index (χ4n) is 2.66. The molecule has 0 spiro atoms. The molecule has 1 amide bonds. The van der Waals surface area contributed by atoms with E-state index in [1.807, 2.05) is 30.3 Å². The summed E-state index contributed by atoms with van der Waals surface area (Å²) >= 11 is 4.87. The first-order chi connectivity index (χ1) is 15.6. The van der Waals surface area contributed by atoms with Gasteiger partial charge in [0.25, 0.3) is 0 Å². The topological polar surface area (TPSA) is 186 Å². The molecule has 33 heavy (non-hydrogen) atoms. The van der Waals surface area contributed by atoms with Crippen molar-refractivity contribution in [3.63, 3.8) is 0 Å². The predicted molar refractivity (Wildman–Crippen MR) is 118 cm³/mol. The van der Waals surface area contributed by atoms with Gasteiger partial charge in [0.2, 0.25) is 0 Å². The number of nitrogens with one attached hydrogen (secondary N) is 2. The molecule has 0 aliphatic heterocycles. The van der Waals surface area contributed by atoms with Crippen LogP contribution in [0, 0.1) is 0 Å². The number of carbonyl (C=O) groups excluding carboxylic acids is 1. The highest BCUT2D eigenvalue weighted by atomic mass is 32.1. The van der Waals surface area contributed by atoms with Crippen LogP contribution in [0.5, 0.6) is 0 Å². The Kier molecular flexibility index (Phi) is 12.2. The van der Waals surface area contributed by atoms with Gasteiger partial charge in [0, 0.05) is 13.0 Å². The second kappa shape index (κ2) is 14.6. The number of alkyl carbamates (subject to hydrolysis) is 1. The number of unbranched alkanes of at least 4 members (excludes halogenated alkanes) is 1. The van der Waals surface area contributed by atoms with Crippen molar-refractivity contribution in [2.45, 2.75) is 50.8 Å². The number of carboxylic acid groups (broad SMARTS) is 3. The third kappa shape index (κ3) is 11.1. The number of carbonyl (C=O) groups is 4. The first-order valence-corrected chi connectivity index (χ1v) is 10.4. The highest BCUT2D eigenvalue weighted by Gasteiger charge is 2.29. The van der Waals surface area contributed by atoms with Crippen molar-refractivity contribution in [1.82, 2.24) is 15.7 Å². The molecule has 0 aliphatic rings. The van der Waals surface area contributed by atoms with Gasteiger partial charge >= 0.3 is 24.0 Å². The maximum Gasteiger partial charge on any atom is 0.407 e. The van der Waals surface area contributed by atoms with E-state index in [0.29, 0.717) is 6.42 Å². The molecule has 2 unspecified atom stereocenters. The molecule has 0 bridgehead atoms. The number of benzene rings is 1. The summed E-state index contributed by atoms with van der Waals surface area (Å²) in [6.45, 7) is 0.325. The van der Waals surface area contributed by atoms with Crippen LogP contribution in [0.15, 0.2) is 30.3 Å². The number of ether oxygens (including phenoxy) is 1. The fraction of sp³-hybridized carbons (Fsp3) is 0.450. The number of hydrogen-bond donors (Lipinski definition) is 6. The molecule has 6 N–H and O–H groups in total. The van der Waals surface area contributed by atoms with Crippen LogP contribution < -0.4 is 10.6 Å². The Hall–Kier alpha value is -3.45. The normalized spacial score (nSPS) is 12.2. The van der Waals surface area contributed by atoms with E-state index < -0.39 is 47.6 Å². The number of rotatable bonds is 14. The Morgan fingerprint density at radius 1 is 1.00 bits per heavy atom. The maximum absolute atomic E-state index is 11.7. The van der Waals surface area contributed by atoms with E-state index in [0.717, 1.165) is 5.56 Å². The van der Waals surface area contributed by atoms with Crippen molar-refractivity contribution in [3.05, 3.63) is 35.9 Å². The third-order valence-electron chi connectivity index (χ3n) is 4.42. The van der Waals surface area contributed by atoms with Crippen LogP contribution in [0.1, 0.15) is 37.7 Å². The molecule has 182 valence electrons. The van der Waals surface area contributed by atoms with E-state index in [9.17, 15) is 29.5 Å².